The van der Waals surface area contributed by atoms with E-state index in [2.05, 4.69) is 15.2 Å². The number of rotatable bonds is 2. The Balaban J connectivity index is 2.07. The van der Waals surface area contributed by atoms with Crippen LogP contribution in [0, 0.1) is 0 Å². The lowest BCUT2D eigenvalue weighted by Gasteiger charge is -2.18. The summed E-state index contributed by atoms with van der Waals surface area (Å²) in [5, 5.41) is 7.15. The van der Waals surface area contributed by atoms with Gasteiger partial charge in [-0.2, -0.15) is 5.10 Å². The van der Waals surface area contributed by atoms with E-state index in [1.165, 1.54) is 32.1 Å². The van der Waals surface area contributed by atoms with Gasteiger partial charge in [-0.25, -0.2) is 4.98 Å². The highest BCUT2D eigenvalue weighted by Gasteiger charge is 2.19. The molecule has 0 radical (unpaired) electrons. The smallest absolute Gasteiger partial charge is 0.167 e. The number of nitrogens with zero attached hydrogens (tertiary/aromatic N) is 2. The molecule has 1 fully saturated rings. The minimum atomic E-state index is -0.0661. The zero-order chi connectivity index (χ0) is 9.97. The molecule has 1 aromatic heterocycles. The van der Waals surface area contributed by atoms with Crippen molar-refractivity contribution < 1.29 is 0 Å². The zero-order valence-corrected chi connectivity index (χ0v) is 8.66. The van der Waals surface area contributed by atoms with Gasteiger partial charge in [0.1, 0.15) is 5.82 Å². The number of hydrogen-bond acceptors (Lipinski definition) is 3. The molecule has 1 heterocycles. The fourth-order valence-electron chi connectivity index (χ4n) is 2.05. The van der Waals surface area contributed by atoms with Crippen molar-refractivity contribution in [2.24, 2.45) is 5.73 Å². The first-order valence-electron chi connectivity index (χ1n) is 5.45. The van der Waals surface area contributed by atoms with Crippen LogP contribution >= 0.6 is 0 Å². The maximum atomic E-state index is 5.71. The molecule has 1 aliphatic rings. The van der Waals surface area contributed by atoms with Crippen LogP contribution in [0.2, 0.25) is 0 Å². The number of aromatic nitrogens is 3. The molecule has 0 saturated heterocycles. The summed E-state index contributed by atoms with van der Waals surface area (Å²) in [6.07, 6.45) is 6.49. The van der Waals surface area contributed by atoms with Gasteiger partial charge < -0.3 is 5.73 Å². The van der Waals surface area contributed by atoms with Gasteiger partial charge >= 0.3 is 0 Å². The number of aromatic amines is 1. The van der Waals surface area contributed by atoms with Crippen LogP contribution in [0.3, 0.4) is 0 Å². The highest BCUT2D eigenvalue weighted by atomic mass is 15.2. The molecular formula is C10H18N4. The highest BCUT2D eigenvalue weighted by molar-refractivity contribution is 5.01. The lowest BCUT2D eigenvalue weighted by Crippen LogP contribution is -2.08. The Bertz CT molecular complexity index is 286. The molecule has 0 aromatic carbocycles. The number of H-pyrrole nitrogens is 1. The summed E-state index contributed by atoms with van der Waals surface area (Å²) in [6, 6.07) is -0.0661. The van der Waals surface area contributed by atoms with E-state index >= 15 is 0 Å². The van der Waals surface area contributed by atoms with E-state index in [1.54, 1.807) is 0 Å². The average Bonchev–Trinajstić information content (AvgIpc) is 2.68. The van der Waals surface area contributed by atoms with Gasteiger partial charge in [0.2, 0.25) is 0 Å². The van der Waals surface area contributed by atoms with Crippen molar-refractivity contribution in [3.63, 3.8) is 0 Å². The quantitative estimate of drug-likeness (QED) is 0.755. The summed E-state index contributed by atoms with van der Waals surface area (Å²) >= 11 is 0. The monoisotopic (exact) mass is 194 g/mol. The normalized spacial score (nSPS) is 21.0. The third kappa shape index (κ3) is 1.95. The second kappa shape index (κ2) is 4.09. The number of nitrogens with two attached hydrogens (primary N) is 1. The van der Waals surface area contributed by atoms with Crippen LogP contribution in [0.5, 0.6) is 0 Å². The first-order valence-corrected chi connectivity index (χ1v) is 5.45. The van der Waals surface area contributed by atoms with Crippen molar-refractivity contribution in [3.05, 3.63) is 11.6 Å². The van der Waals surface area contributed by atoms with Crippen LogP contribution in [0.1, 0.15) is 62.6 Å². The minimum absolute atomic E-state index is 0.0661. The predicted octanol–water partition coefficient (Wildman–Crippen LogP) is 1.87. The van der Waals surface area contributed by atoms with E-state index in [-0.39, 0.29) is 6.04 Å². The van der Waals surface area contributed by atoms with E-state index in [1.807, 2.05) is 6.92 Å². The second-order valence-electron chi connectivity index (χ2n) is 4.20. The standard InChI is InChI=1S/C10H18N4/c1-7(11)9-12-10(14-13-9)8-5-3-2-4-6-8/h7-8H,2-6,11H2,1H3,(H,12,13,14). The lowest BCUT2D eigenvalue weighted by molar-refractivity contribution is 0.429. The molecule has 1 aliphatic carbocycles. The lowest BCUT2D eigenvalue weighted by atomic mass is 9.89. The van der Waals surface area contributed by atoms with Crippen molar-refractivity contribution in [1.29, 1.82) is 0 Å². The summed E-state index contributed by atoms with van der Waals surface area (Å²) in [6.45, 7) is 1.91. The van der Waals surface area contributed by atoms with Crippen molar-refractivity contribution in [2.75, 3.05) is 0 Å². The second-order valence-corrected chi connectivity index (χ2v) is 4.20. The molecule has 1 unspecified atom stereocenters. The molecule has 0 aliphatic heterocycles. The van der Waals surface area contributed by atoms with Gasteiger partial charge in [0.15, 0.2) is 5.82 Å². The van der Waals surface area contributed by atoms with Crippen LogP contribution in [-0.2, 0) is 0 Å². The van der Waals surface area contributed by atoms with E-state index in [0.717, 1.165) is 11.6 Å². The van der Waals surface area contributed by atoms with Crippen LogP contribution < -0.4 is 5.73 Å². The molecule has 0 spiro atoms. The molecule has 14 heavy (non-hydrogen) atoms. The Morgan fingerprint density at radius 3 is 2.64 bits per heavy atom. The van der Waals surface area contributed by atoms with Gasteiger partial charge in [0.05, 0.1) is 6.04 Å². The Morgan fingerprint density at radius 2 is 2.07 bits per heavy atom. The van der Waals surface area contributed by atoms with Gasteiger partial charge in [-0.05, 0) is 19.8 Å². The maximum Gasteiger partial charge on any atom is 0.167 e. The summed E-state index contributed by atoms with van der Waals surface area (Å²) in [5.41, 5.74) is 5.71. The van der Waals surface area contributed by atoms with Crippen LogP contribution in [0.15, 0.2) is 0 Å². The minimum Gasteiger partial charge on any atom is -0.321 e. The zero-order valence-electron chi connectivity index (χ0n) is 8.66. The molecule has 2 rings (SSSR count). The van der Waals surface area contributed by atoms with Crippen molar-refractivity contribution in [3.8, 4) is 0 Å². The molecule has 4 nitrogen and oxygen atoms in total. The largest absolute Gasteiger partial charge is 0.321 e. The molecule has 1 atom stereocenters. The summed E-state index contributed by atoms with van der Waals surface area (Å²) in [7, 11) is 0. The first kappa shape index (κ1) is 9.65. The number of hydrogen-bond donors (Lipinski definition) is 2. The molecule has 78 valence electrons. The van der Waals surface area contributed by atoms with Crippen LogP contribution in [-0.4, -0.2) is 15.2 Å². The van der Waals surface area contributed by atoms with E-state index in [4.69, 9.17) is 5.73 Å². The van der Waals surface area contributed by atoms with Crippen molar-refractivity contribution in [2.45, 2.75) is 51.0 Å². The average molecular weight is 194 g/mol. The van der Waals surface area contributed by atoms with E-state index in [9.17, 15) is 0 Å². The Morgan fingerprint density at radius 1 is 1.36 bits per heavy atom. The molecule has 4 heteroatoms. The topological polar surface area (TPSA) is 67.6 Å². The van der Waals surface area contributed by atoms with Gasteiger partial charge in [0, 0.05) is 5.92 Å². The fraction of sp³-hybridized carbons (Fsp3) is 0.800. The van der Waals surface area contributed by atoms with E-state index < -0.39 is 0 Å². The third-order valence-electron chi connectivity index (χ3n) is 2.92. The van der Waals surface area contributed by atoms with Crippen LogP contribution in [0.4, 0.5) is 0 Å². The molecular weight excluding hydrogens is 176 g/mol. The van der Waals surface area contributed by atoms with E-state index in [0.29, 0.717) is 5.92 Å². The summed E-state index contributed by atoms with van der Waals surface area (Å²) in [5.74, 6) is 2.37. The molecule has 1 aromatic rings. The number of nitrogens with one attached hydrogen (secondary N) is 1. The highest BCUT2D eigenvalue weighted by Crippen LogP contribution is 2.30. The first-order chi connectivity index (χ1) is 6.77. The predicted molar refractivity (Wildman–Crippen MR) is 54.8 cm³/mol. The Kier molecular flexibility index (Phi) is 2.82. The van der Waals surface area contributed by atoms with Crippen LogP contribution in [0.25, 0.3) is 0 Å². The van der Waals surface area contributed by atoms with Crippen molar-refractivity contribution >= 4 is 0 Å². The molecule has 0 amide bonds. The summed E-state index contributed by atoms with van der Waals surface area (Å²) in [4.78, 5) is 4.44. The van der Waals surface area contributed by atoms with Crippen molar-refractivity contribution in [1.82, 2.24) is 15.2 Å². The molecule has 3 N–H and O–H groups in total. The van der Waals surface area contributed by atoms with Gasteiger partial charge in [-0.1, -0.05) is 19.3 Å². The molecule has 0 bridgehead atoms. The van der Waals surface area contributed by atoms with Gasteiger partial charge in [-0.3, -0.25) is 5.10 Å². The van der Waals surface area contributed by atoms with Gasteiger partial charge in [0.25, 0.3) is 0 Å². The fourth-order valence-corrected chi connectivity index (χ4v) is 2.05. The SMILES string of the molecule is CC(N)c1n[nH]c(C2CCCCC2)n1. The van der Waals surface area contributed by atoms with Gasteiger partial charge in [-0.15, -0.1) is 0 Å². The third-order valence-corrected chi connectivity index (χ3v) is 2.92. The Labute approximate surface area is 84.3 Å². The Hall–Kier alpha value is -0.900. The maximum absolute atomic E-state index is 5.71. The summed E-state index contributed by atoms with van der Waals surface area (Å²) < 4.78 is 0. The molecule has 1 saturated carbocycles.